The largest absolute Gasteiger partial charge is 0.388 e. The van der Waals surface area contributed by atoms with Crippen LogP contribution in [0.25, 0.3) is 0 Å². The van der Waals surface area contributed by atoms with Crippen LogP contribution in [0.1, 0.15) is 37.0 Å². The zero-order chi connectivity index (χ0) is 16.0. The summed E-state index contributed by atoms with van der Waals surface area (Å²) in [5.41, 5.74) is 2.21. The normalized spacial score (nSPS) is 14.5. The van der Waals surface area contributed by atoms with Crippen molar-refractivity contribution in [1.29, 1.82) is 0 Å². The van der Waals surface area contributed by atoms with Crippen LogP contribution >= 0.6 is 0 Å². The second-order valence-corrected chi connectivity index (χ2v) is 6.31. The van der Waals surface area contributed by atoms with Crippen LogP contribution in [0.3, 0.4) is 0 Å². The zero-order valence-corrected chi connectivity index (χ0v) is 13.9. The molecule has 0 aliphatic carbocycles. The number of hydrogen-bond donors (Lipinski definition) is 1. The van der Waals surface area contributed by atoms with Crippen molar-refractivity contribution in [1.82, 2.24) is 0 Å². The van der Waals surface area contributed by atoms with Crippen LogP contribution in [0, 0.1) is 0 Å². The molecule has 0 amide bonds. The number of nitrogens with zero attached hydrogens (tertiary/aromatic N) is 1. The highest BCUT2D eigenvalue weighted by Gasteiger charge is 2.30. The summed E-state index contributed by atoms with van der Waals surface area (Å²) in [7, 11) is 2.27. The molecular weight excluding hydrogens is 270 g/mol. The van der Waals surface area contributed by atoms with E-state index in [0.29, 0.717) is 0 Å². The Bertz CT molecular complexity index is 548. The van der Waals surface area contributed by atoms with Gasteiger partial charge in [-0.05, 0) is 25.0 Å². The zero-order valence-electron chi connectivity index (χ0n) is 13.9. The van der Waals surface area contributed by atoms with Gasteiger partial charge in [-0.25, -0.2) is 0 Å². The molecule has 2 nitrogen and oxygen atoms in total. The van der Waals surface area contributed by atoms with Crippen molar-refractivity contribution in [3.63, 3.8) is 0 Å². The van der Waals surface area contributed by atoms with Crippen molar-refractivity contribution >= 4 is 0 Å². The summed E-state index contributed by atoms with van der Waals surface area (Å²) < 4.78 is 0.962. The van der Waals surface area contributed by atoms with Crippen LogP contribution < -0.4 is 0 Å². The van der Waals surface area contributed by atoms with Gasteiger partial charge in [0.25, 0.3) is 0 Å². The summed E-state index contributed by atoms with van der Waals surface area (Å²) in [6.45, 7) is 7.52. The lowest BCUT2D eigenvalue weighted by atomic mass is 9.88. The maximum absolute atomic E-state index is 11.0. The van der Waals surface area contributed by atoms with E-state index in [1.165, 1.54) is 5.56 Å². The van der Waals surface area contributed by atoms with E-state index in [2.05, 4.69) is 45.2 Å². The van der Waals surface area contributed by atoms with Crippen molar-refractivity contribution < 1.29 is 9.59 Å². The van der Waals surface area contributed by atoms with Gasteiger partial charge in [0.2, 0.25) is 0 Å². The Hall–Kier alpha value is -1.64. The molecule has 2 heteroatoms. The van der Waals surface area contributed by atoms with Crippen LogP contribution in [0.5, 0.6) is 0 Å². The molecular formula is C20H28NO+. The minimum atomic E-state index is -0.473. The number of rotatable bonds is 7. The molecule has 2 aromatic rings. The van der Waals surface area contributed by atoms with Crippen LogP contribution in [0.2, 0.25) is 0 Å². The SMILES string of the molecule is CC[N+](C)(CC)C[C@H](c1ccccc1)[C@@H](O)c1ccccc1. The fourth-order valence-corrected chi connectivity index (χ4v) is 2.93. The Labute approximate surface area is 134 Å². The monoisotopic (exact) mass is 298 g/mol. The van der Waals surface area contributed by atoms with E-state index in [0.717, 1.165) is 29.7 Å². The fourth-order valence-electron chi connectivity index (χ4n) is 2.93. The maximum Gasteiger partial charge on any atom is 0.0912 e. The first-order chi connectivity index (χ1) is 10.6. The number of hydrogen-bond acceptors (Lipinski definition) is 1. The lowest BCUT2D eigenvalue weighted by molar-refractivity contribution is -0.908. The molecule has 2 atom stereocenters. The summed E-state index contributed by atoms with van der Waals surface area (Å²) in [6, 6.07) is 20.4. The van der Waals surface area contributed by atoms with Crippen LogP contribution in [-0.2, 0) is 0 Å². The van der Waals surface area contributed by atoms with Crippen LogP contribution in [0.15, 0.2) is 60.7 Å². The fraction of sp³-hybridized carbons (Fsp3) is 0.400. The Kier molecular flexibility index (Phi) is 5.76. The third-order valence-electron chi connectivity index (χ3n) is 4.91. The molecule has 0 bridgehead atoms. The minimum absolute atomic E-state index is 0.105. The third kappa shape index (κ3) is 3.96. The highest BCUT2D eigenvalue weighted by atomic mass is 16.3. The number of benzene rings is 2. The lowest BCUT2D eigenvalue weighted by Gasteiger charge is -2.37. The molecule has 0 saturated heterocycles. The number of quaternary nitrogens is 1. The number of likely N-dealkylation sites (N-methyl/N-ethyl adjacent to an activating group) is 1. The van der Waals surface area contributed by atoms with Crippen molar-refractivity contribution in [3.05, 3.63) is 71.8 Å². The summed E-state index contributed by atoms with van der Waals surface area (Å²) in [6.07, 6.45) is -0.473. The van der Waals surface area contributed by atoms with Gasteiger partial charge in [0.05, 0.1) is 38.7 Å². The van der Waals surface area contributed by atoms with Crippen LogP contribution in [0.4, 0.5) is 0 Å². The van der Waals surface area contributed by atoms with Gasteiger partial charge in [-0.15, -0.1) is 0 Å². The molecule has 0 aliphatic rings. The van der Waals surface area contributed by atoms with Gasteiger partial charge < -0.3 is 9.59 Å². The Morgan fingerprint density at radius 1 is 0.818 bits per heavy atom. The Morgan fingerprint density at radius 2 is 1.27 bits per heavy atom. The van der Waals surface area contributed by atoms with Crippen molar-refractivity contribution in [2.45, 2.75) is 25.9 Å². The first kappa shape index (κ1) is 16.7. The highest BCUT2D eigenvalue weighted by molar-refractivity contribution is 5.26. The third-order valence-corrected chi connectivity index (χ3v) is 4.91. The summed E-state index contributed by atoms with van der Waals surface area (Å²) in [5, 5.41) is 11.0. The highest BCUT2D eigenvalue weighted by Crippen LogP contribution is 2.33. The second-order valence-electron chi connectivity index (χ2n) is 6.31. The molecule has 22 heavy (non-hydrogen) atoms. The molecule has 1 N–H and O–H groups in total. The smallest absolute Gasteiger partial charge is 0.0912 e. The molecule has 0 aliphatic heterocycles. The molecule has 2 aromatic carbocycles. The van der Waals surface area contributed by atoms with E-state index in [9.17, 15) is 5.11 Å². The molecule has 118 valence electrons. The Balaban J connectivity index is 2.34. The molecule has 0 spiro atoms. The van der Waals surface area contributed by atoms with E-state index >= 15 is 0 Å². The van der Waals surface area contributed by atoms with Gasteiger partial charge in [-0.1, -0.05) is 60.7 Å². The molecule has 0 fully saturated rings. The average Bonchev–Trinajstić information content (AvgIpc) is 2.60. The number of aliphatic hydroxyl groups is 1. The number of aliphatic hydroxyl groups excluding tert-OH is 1. The predicted octanol–water partition coefficient (Wildman–Crippen LogP) is 3.99. The van der Waals surface area contributed by atoms with Gasteiger partial charge >= 0.3 is 0 Å². The van der Waals surface area contributed by atoms with Crippen molar-refractivity contribution in [2.24, 2.45) is 0 Å². The van der Waals surface area contributed by atoms with E-state index in [1.54, 1.807) is 0 Å². The van der Waals surface area contributed by atoms with Gasteiger partial charge in [0.1, 0.15) is 0 Å². The molecule has 0 radical (unpaired) electrons. The minimum Gasteiger partial charge on any atom is -0.388 e. The first-order valence-corrected chi connectivity index (χ1v) is 8.21. The summed E-state index contributed by atoms with van der Waals surface area (Å²) >= 11 is 0. The maximum atomic E-state index is 11.0. The van der Waals surface area contributed by atoms with Gasteiger partial charge in [0, 0.05) is 0 Å². The average molecular weight is 298 g/mol. The predicted molar refractivity (Wildman–Crippen MR) is 92.7 cm³/mol. The van der Waals surface area contributed by atoms with E-state index in [1.807, 2.05) is 36.4 Å². The van der Waals surface area contributed by atoms with Crippen molar-refractivity contribution in [3.8, 4) is 0 Å². The molecule has 0 saturated carbocycles. The van der Waals surface area contributed by atoms with Crippen LogP contribution in [-0.4, -0.2) is 36.3 Å². The lowest BCUT2D eigenvalue weighted by Crippen LogP contribution is -2.47. The quantitative estimate of drug-likeness (QED) is 0.766. The molecule has 0 unspecified atom stereocenters. The van der Waals surface area contributed by atoms with Crippen molar-refractivity contribution in [2.75, 3.05) is 26.7 Å². The summed E-state index contributed by atoms with van der Waals surface area (Å²) in [5.74, 6) is 0.105. The summed E-state index contributed by atoms with van der Waals surface area (Å²) in [4.78, 5) is 0. The second kappa shape index (κ2) is 7.57. The van der Waals surface area contributed by atoms with E-state index in [4.69, 9.17) is 0 Å². The van der Waals surface area contributed by atoms with Gasteiger partial charge in [-0.2, -0.15) is 0 Å². The topological polar surface area (TPSA) is 20.2 Å². The standard InChI is InChI=1S/C20H28NO/c1-4-21(3,5-2)16-19(17-12-8-6-9-13-17)20(22)18-14-10-7-11-15-18/h6-15,19-20,22H,4-5,16H2,1-3H3/q+1/t19-,20+/m1/s1. The Morgan fingerprint density at radius 3 is 1.73 bits per heavy atom. The first-order valence-electron chi connectivity index (χ1n) is 8.21. The van der Waals surface area contributed by atoms with Gasteiger partial charge in [-0.3, -0.25) is 0 Å². The molecule has 2 rings (SSSR count). The van der Waals surface area contributed by atoms with Gasteiger partial charge in [0.15, 0.2) is 0 Å². The molecule has 0 heterocycles. The molecule has 0 aromatic heterocycles. The van der Waals surface area contributed by atoms with E-state index in [-0.39, 0.29) is 5.92 Å². The van der Waals surface area contributed by atoms with E-state index < -0.39 is 6.10 Å².